The molecule has 4 rings (SSSR count). The molecule has 5 nitrogen and oxygen atoms in total. The number of amides is 2. The van der Waals surface area contributed by atoms with Crippen molar-refractivity contribution in [1.29, 1.82) is 0 Å². The first-order valence-corrected chi connectivity index (χ1v) is 11.1. The smallest absolute Gasteiger partial charge is 0.248 e. The normalized spacial score (nSPS) is 17.6. The molecule has 0 atom stereocenters. The highest BCUT2D eigenvalue weighted by molar-refractivity contribution is 5.79. The van der Waals surface area contributed by atoms with Crippen LogP contribution in [0.4, 0.5) is 0 Å². The summed E-state index contributed by atoms with van der Waals surface area (Å²) in [4.78, 5) is 28.5. The lowest BCUT2D eigenvalue weighted by Gasteiger charge is -2.25. The van der Waals surface area contributed by atoms with Crippen LogP contribution in [0.2, 0.25) is 0 Å². The monoisotopic (exact) mass is 420 g/mol. The van der Waals surface area contributed by atoms with Crippen LogP contribution in [0.25, 0.3) is 0 Å². The molecular formula is C26H32N2O3. The summed E-state index contributed by atoms with van der Waals surface area (Å²) in [6.45, 7) is 1.24. The molecule has 2 aromatic rings. The van der Waals surface area contributed by atoms with Gasteiger partial charge in [0.1, 0.15) is 13.2 Å². The Kier molecular flexibility index (Phi) is 6.15. The molecule has 0 N–H and O–H groups in total. The third-order valence-electron chi connectivity index (χ3n) is 6.86. The zero-order valence-electron chi connectivity index (χ0n) is 18.5. The van der Waals surface area contributed by atoms with Gasteiger partial charge in [-0.25, -0.2) is 0 Å². The number of benzene rings is 2. The molecule has 2 saturated carbocycles. The summed E-state index contributed by atoms with van der Waals surface area (Å²) < 4.78 is 5.50. The summed E-state index contributed by atoms with van der Waals surface area (Å²) in [7, 11) is 3.64. The van der Waals surface area contributed by atoms with Crippen molar-refractivity contribution in [2.45, 2.75) is 36.5 Å². The van der Waals surface area contributed by atoms with Gasteiger partial charge in [-0.15, -0.1) is 0 Å². The molecule has 2 aliphatic carbocycles. The van der Waals surface area contributed by atoms with Crippen molar-refractivity contribution < 1.29 is 14.3 Å². The molecule has 0 saturated heterocycles. The van der Waals surface area contributed by atoms with Gasteiger partial charge in [0.2, 0.25) is 11.8 Å². The van der Waals surface area contributed by atoms with Crippen LogP contribution in [0.1, 0.15) is 36.8 Å². The second-order valence-electron chi connectivity index (χ2n) is 9.29. The molecule has 0 aliphatic heterocycles. The van der Waals surface area contributed by atoms with E-state index in [9.17, 15) is 9.59 Å². The van der Waals surface area contributed by atoms with E-state index in [1.807, 2.05) is 50.5 Å². The Hall–Kier alpha value is -2.66. The Balaban J connectivity index is 1.21. The van der Waals surface area contributed by atoms with Gasteiger partial charge in [-0.3, -0.25) is 9.59 Å². The van der Waals surface area contributed by atoms with Crippen LogP contribution < -0.4 is 0 Å². The number of hydrogen-bond acceptors (Lipinski definition) is 3. The Labute approximate surface area is 185 Å². The average molecular weight is 421 g/mol. The standard InChI is InChI=1S/C26H32N2O3/c1-27(19-25(13-14-25)21-9-5-3-6-10-21)23(29)17-31-18-24(30)28(2)20-26(15-16-26)22-11-7-4-8-12-22/h3-12H,13-20H2,1-2H3. The summed E-state index contributed by atoms with van der Waals surface area (Å²) in [5.74, 6) is -0.166. The molecule has 2 fully saturated rings. The Morgan fingerprint density at radius 3 is 1.39 bits per heavy atom. The fourth-order valence-corrected chi connectivity index (χ4v) is 4.49. The minimum atomic E-state index is -0.0828. The zero-order chi connectivity index (χ0) is 21.9. The van der Waals surface area contributed by atoms with Crippen molar-refractivity contribution in [3.63, 3.8) is 0 Å². The van der Waals surface area contributed by atoms with Gasteiger partial charge in [0.25, 0.3) is 0 Å². The molecule has 164 valence electrons. The van der Waals surface area contributed by atoms with Gasteiger partial charge >= 0.3 is 0 Å². The van der Waals surface area contributed by atoms with Gasteiger partial charge in [0.05, 0.1) is 0 Å². The molecule has 0 unspecified atom stereocenters. The van der Waals surface area contributed by atoms with Crippen LogP contribution in [0.3, 0.4) is 0 Å². The van der Waals surface area contributed by atoms with Gasteiger partial charge in [-0.1, -0.05) is 60.7 Å². The predicted octanol–water partition coefficient (Wildman–Crippen LogP) is 3.38. The molecule has 31 heavy (non-hydrogen) atoms. The van der Waals surface area contributed by atoms with E-state index in [-0.39, 0.29) is 35.9 Å². The fraction of sp³-hybridized carbons (Fsp3) is 0.462. The van der Waals surface area contributed by atoms with Gasteiger partial charge in [-0.2, -0.15) is 0 Å². The van der Waals surface area contributed by atoms with E-state index in [2.05, 4.69) is 24.3 Å². The molecular weight excluding hydrogens is 388 g/mol. The highest BCUT2D eigenvalue weighted by Gasteiger charge is 2.46. The highest BCUT2D eigenvalue weighted by Crippen LogP contribution is 2.49. The second-order valence-corrected chi connectivity index (χ2v) is 9.29. The maximum atomic E-state index is 12.5. The molecule has 0 radical (unpaired) electrons. The minimum Gasteiger partial charge on any atom is -0.362 e. The van der Waals surface area contributed by atoms with Gasteiger partial charge in [0.15, 0.2) is 0 Å². The number of carbonyl (C=O) groups excluding carboxylic acids is 2. The Bertz CT molecular complexity index is 829. The fourth-order valence-electron chi connectivity index (χ4n) is 4.49. The maximum absolute atomic E-state index is 12.5. The Morgan fingerprint density at radius 2 is 1.06 bits per heavy atom. The van der Waals surface area contributed by atoms with Crippen molar-refractivity contribution in [2.24, 2.45) is 0 Å². The molecule has 0 spiro atoms. The van der Waals surface area contributed by atoms with E-state index >= 15 is 0 Å². The first-order chi connectivity index (χ1) is 14.9. The molecule has 0 heterocycles. The summed E-state index contributed by atoms with van der Waals surface area (Å²) >= 11 is 0. The summed E-state index contributed by atoms with van der Waals surface area (Å²) in [5.41, 5.74) is 2.75. The summed E-state index contributed by atoms with van der Waals surface area (Å²) in [6.07, 6.45) is 4.40. The van der Waals surface area contributed by atoms with Gasteiger partial charge in [-0.05, 0) is 36.8 Å². The third kappa shape index (κ3) is 4.99. The minimum absolute atomic E-state index is 0.0647. The lowest BCUT2D eigenvalue weighted by Crippen LogP contribution is -2.39. The van der Waals surface area contributed by atoms with Gasteiger partial charge in [0, 0.05) is 38.0 Å². The number of hydrogen-bond donors (Lipinski definition) is 0. The molecule has 5 heteroatoms. The van der Waals surface area contributed by atoms with Crippen LogP contribution in [0.5, 0.6) is 0 Å². The van der Waals surface area contributed by atoms with Crippen molar-refractivity contribution >= 4 is 11.8 Å². The molecule has 0 bridgehead atoms. The van der Waals surface area contributed by atoms with Gasteiger partial charge < -0.3 is 14.5 Å². The SMILES string of the molecule is CN(CC1(c2ccccc2)CC1)C(=O)COCC(=O)N(C)CC1(c2ccccc2)CC1. The van der Waals surface area contributed by atoms with Crippen LogP contribution >= 0.6 is 0 Å². The van der Waals surface area contributed by atoms with Crippen molar-refractivity contribution in [2.75, 3.05) is 40.4 Å². The number of rotatable bonds is 10. The number of nitrogens with zero attached hydrogens (tertiary/aromatic N) is 2. The van der Waals surface area contributed by atoms with E-state index < -0.39 is 0 Å². The number of carbonyl (C=O) groups is 2. The lowest BCUT2D eigenvalue weighted by atomic mass is 9.95. The first-order valence-electron chi connectivity index (χ1n) is 11.1. The molecule has 2 aliphatic rings. The molecule has 0 aromatic heterocycles. The second kappa shape index (κ2) is 8.83. The first kappa shape index (κ1) is 21.6. The Morgan fingerprint density at radius 1 is 0.710 bits per heavy atom. The van der Waals surface area contributed by atoms with E-state index in [0.29, 0.717) is 13.1 Å². The summed E-state index contributed by atoms with van der Waals surface area (Å²) in [5, 5.41) is 0. The van der Waals surface area contributed by atoms with Crippen LogP contribution in [0, 0.1) is 0 Å². The average Bonchev–Trinajstić information content (AvgIpc) is 3.72. The predicted molar refractivity (Wildman–Crippen MR) is 121 cm³/mol. The lowest BCUT2D eigenvalue weighted by molar-refractivity contribution is -0.141. The summed E-state index contributed by atoms with van der Waals surface area (Å²) in [6, 6.07) is 20.8. The maximum Gasteiger partial charge on any atom is 0.248 e. The van der Waals surface area contributed by atoms with Crippen molar-refractivity contribution in [3.05, 3.63) is 71.8 Å². The van der Waals surface area contributed by atoms with Crippen LogP contribution in [0.15, 0.2) is 60.7 Å². The number of likely N-dealkylation sites (N-methyl/N-ethyl adjacent to an activating group) is 2. The zero-order valence-corrected chi connectivity index (χ0v) is 18.5. The largest absolute Gasteiger partial charge is 0.362 e. The van der Waals surface area contributed by atoms with E-state index in [1.54, 1.807) is 9.80 Å². The number of ether oxygens (including phenoxy) is 1. The van der Waals surface area contributed by atoms with E-state index in [4.69, 9.17) is 4.74 Å². The van der Waals surface area contributed by atoms with Crippen molar-refractivity contribution in [1.82, 2.24) is 9.80 Å². The van der Waals surface area contributed by atoms with Crippen LogP contribution in [-0.2, 0) is 25.2 Å². The third-order valence-corrected chi connectivity index (χ3v) is 6.86. The van der Waals surface area contributed by atoms with E-state index in [0.717, 1.165) is 25.7 Å². The van der Waals surface area contributed by atoms with Crippen LogP contribution in [-0.4, -0.2) is 62.0 Å². The highest BCUT2D eigenvalue weighted by atomic mass is 16.5. The topological polar surface area (TPSA) is 49.9 Å². The molecule has 2 aromatic carbocycles. The molecule has 2 amide bonds. The quantitative estimate of drug-likeness (QED) is 0.592. The van der Waals surface area contributed by atoms with E-state index in [1.165, 1.54) is 11.1 Å². The van der Waals surface area contributed by atoms with Crippen molar-refractivity contribution in [3.8, 4) is 0 Å².